The van der Waals surface area contributed by atoms with E-state index in [2.05, 4.69) is 0 Å². The monoisotopic (exact) mass is 249 g/mol. The fourth-order valence-electron chi connectivity index (χ4n) is 1.61. The zero-order valence-corrected chi connectivity index (χ0v) is 8.88. The van der Waals surface area contributed by atoms with Crippen LogP contribution in [0.3, 0.4) is 0 Å². The van der Waals surface area contributed by atoms with Crippen LogP contribution in [0.2, 0.25) is 0 Å². The zero-order valence-electron chi connectivity index (χ0n) is 8.88. The van der Waals surface area contributed by atoms with Gasteiger partial charge in [0.05, 0.1) is 4.92 Å². The Morgan fingerprint density at radius 1 is 1.00 bits per heavy atom. The highest BCUT2D eigenvalue weighted by Crippen LogP contribution is 2.21. The van der Waals surface area contributed by atoms with Crippen molar-refractivity contribution in [2.24, 2.45) is 0 Å². The number of non-ortho nitro benzene ring substituents is 1. The molecule has 1 aromatic rings. The Bertz CT molecular complexity index is 531. The largest absolute Gasteiger partial charge is 0.328 e. The zero-order chi connectivity index (χ0) is 13.3. The summed E-state index contributed by atoms with van der Waals surface area (Å²) in [5, 5.41) is 14.4. The van der Waals surface area contributed by atoms with Gasteiger partial charge in [0, 0.05) is 12.1 Å². The summed E-state index contributed by atoms with van der Waals surface area (Å²) in [5.74, 6) is -2.68. The average molecular weight is 249 g/mol. The first kappa shape index (κ1) is 11.7. The van der Waals surface area contributed by atoms with Gasteiger partial charge in [0.2, 0.25) is 11.8 Å². The van der Waals surface area contributed by atoms with E-state index in [0.29, 0.717) is 0 Å². The number of hydrogen-bond donors (Lipinski definition) is 2. The summed E-state index contributed by atoms with van der Waals surface area (Å²) < 4.78 is 0. The molecule has 1 heterocycles. The van der Waals surface area contributed by atoms with Gasteiger partial charge in [-0.3, -0.25) is 30.3 Å². The second-order valence-corrected chi connectivity index (χ2v) is 3.59. The molecule has 2 N–H and O–H groups in total. The number of nitro benzene ring substituents is 1. The maximum Gasteiger partial charge on any atom is 0.328 e. The van der Waals surface area contributed by atoms with Crippen LogP contribution in [0.4, 0.5) is 10.5 Å². The molecule has 18 heavy (non-hydrogen) atoms. The second-order valence-electron chi connectivity index (χ2n) is 3.59. The predicted octanol–water partition coefficient (Wildman–Crippen LogP) is 0.0444. The molecule has 8 nitrogen and oxygen atoms in total. The number of urea groups is 1. The van der Waals surface area contributed by atoms with Gasteiger partial charge in [0.15, 0.2) is 0 Å². The van der Waals surface area contributed by atoms with E-state index in [4.69, 9.17) is 0 Å². The van der Waals surface area contributed by atoms with Crippen molar-refractivity contribution >= 4 is 23.5 Å². The minimum atomic E-state index is -1.18. The Morgan fingerprint density at radius 3 is 1.94 bits per heavy atom. The quantitative estimate of drug-likeness (QED) is 0.436. The molecule has 0 saturated carbocycles. The summed E-state index contributed by atoms with van der Waals surface area (Å²) in [5.41, 5.74) is 0.134. The topological polar surface area (TPSA) is 118 Å². The number of nitro groups is 1. The van der Waals surface area contributed by atoms with Crippen LogP contribution < -0.4 is 10.6 Å². The number of imide groups is 2. The minimum Gasteiger partial charge on any atom is -0.277 e. The number of barbiturate groups is 1. The van der Waals surface area contributed by atoms with Crippen LogP contribution >= 0.6 is 0 Å². The summed E-state index contributed by atoms with van der Waals surface area (Å²) in [6, 6.07) is 4.11. The van der Waals surface area contributed by atoms with Crippen molar-refractivity contribution in [3.8, 4) is 0 Å². The summed E-state index contributed by atoms with van der Waals surface area (Å²) in [6.07, 6.45) is 0. The van der Waals surface area contributed by atoms with Crippen LogP contribution in [0.25, 0.3) is 0 Å². The SMILES string of the molecule is O=C1NC(=O)C(c2ccc([N+](=O)[O-])cc2)C(=O)N1. The van der Waals surface area contributed by atoms with E-state index in [1.807, 2.05) is 10.6 Å². The number of amides is 4. The second kappa shape index (κ2) is 4.24. The van der Waals surface area contributed by atoms with Gasteiger partial charge in [-0.1, -0.05) is 12.1 Å². The van der Waals surface area contributed by atoms with Crippen molar-refractivity contribution < 1.29 is 19.3 Å². The lowest BCUT2D eigenvalue weighted by Gasteiger charge is -2.20. The number of carbonyl (C=O) groups is 3. The van der Waals surface area contributed by atoms with Crippen molar-refractivity contribution in [1.82, 2.24) is 10.6 Å². The lowest BCUT2D eigenvalue weighted by Crippen LogP contribution is -2.54. The number of carbonyl (C=O) groups excluding carboxylic acids is 3. The molecule has 92 valence electrons. The predicted molar refractivity (Wildman–Crippen MR) is 57.5 cm³/mol. The van der Waals surface area contributed by atoms with Crippen molar-refractivity contribution in [3.05, 3.63) is 39.9 Å². The van der Waals surface area contributed by atoms with Gasteiger partial charge in [-0.05, 0) is 5.56 Å². The molecule has 1 saturated heterocycles. The lowest BCUT2D eigenvalue weighted by atomic mass is 9.96. The van der Waals surface area contributed by atoms with Gasteiger partial charge < -0.3 is 0 Å². The molecule has 4 amide bonds. The van der Waals surface area contributed by atoms with E-state index >= 15 is 0 Å². The average Bonchev–Trinajstić information content (AvgIpc) is 2.28. The summed E-state index contributed by atoms with van der Waals surface area (Å²) >= 11 is 0. The van der Waals surface area contributed by atoms with Crippen LogP contribution in [0.5, 0.6) is 0 Å². The van der Waals surface area contributed by atoms with Crippen LogP contribution in [0.1, 0.15) is 11.5 Å². The van der Waals surface area contributed by atoms with Gasteiger partial charge in [-0.15, -0.1) is 0 Å². The van der Waals surface area contributed by atoms with Gasteiger partial charge in [0.1, 0.15) is 5.92 Å². The first-order valence-electron chi connectivity index (χ1n) is 4.89. The summed E-state index contributed by atoms with van der Waals surface area (Å²) in [6.45, 7) is 0. The van der Waals surface area contributed by atoms with Crippen molar-refractivity contribution in [2.45, 2.75) is 5.92 Å². The van der Waals surface area contributed by atoms with Crippen LogP contribution in [-0.2, 0) is 9.59 Å². The molecule has 0 aliphatic carbocycles. The minimum absolute atomic E-state index is 0.147. The van der Waals surface area contributed by atoms with Crippen LogP contribution in [0, 0.1) is 10.1 Å². The molecule has 0 unspecified atom stereocenters. The van der Waals surface area contributed by atoms with Crippen molar-refractivity contribution in [1.29, 1.82) is 0 Å². The molecule has 0 spiro atoms. The number of nitrogens with one attached hydrogen (secondary N) is 2. The third-order valence-corrected chi connectivity index (χ3v) is 2.44. The van der Waals surface area contributed by atoms with Gasteiger partial charge in [-0.25, -0.2) is 4.79 Å². The fraction of sp³-hybridized carbons (Fsp3) is 0.100. The highest BCUT2D eigenvalue weighted by molar-refractivity contribution is 6.19. The highest BCUT2D eigenvalue weighted by atomic mass is 16.6. The van der Waals surface area contributed by atoms with Crippen LogP contribution in [-0.4, -0.2) is 22.8 Å². The molecular weight excluding hydrogens is 242 g/mol. The highest BCUT2D eigenvalue weighted by Gasteiger charge is 2.35. The lowest BCUT2D eigenvalue weighted by molar-refractivity contribution is -0.384. The normalized spacial score (nSPS) is 16.1. The summed E-state index contributed by atoms with van der Waals surface area (Å²) in [4.78, 5) is 43.7. The van der Waals surface area contributed by atoms with Crippen LogP contribution in [0.15, 0.2) is 24.3 Å². The number of hydrogen-bond acceptors (Lipinski definition) is 5. The maximum absolute atomic E-state index is 11.5. The van der Waals surface area contributed by atoms with Gasteiger partial charge in [-0.2, -0.15) is 0 Å². The molecule has 1 fully saturated rings. The smallest absolute Gasteiger partial charge is 0.277 e. The molecule has 0 atom stereocenters. The first-order valence-corrected chi connectivity index (χ1v) is 4.89. The number of benzene rings is 1. The molecule has 1 aliphatic heterocycles. The van der Waals surface area contributed by atoms with E-state index in [1.165, 1.54) is 24.3 Å². The Hall–Kier alpha value is -2.77. The van der Waals surface area contributed by atoms with E-state index in [9.17, 15) is 24.5 Å². The van der Waals surface area contributed by atoms with Crippen molar-refractivity contribution in [2.75, 3.05) is 0 Å². The van der Waals surface area contributed by atoms with Gasteiger partial charge in [0.25, 0.3) is 5.69 Å². The third-order valence-electron chi connectivity index (χ3n) is 2.44. The Morgan fingerprint density at radius 2 is 1.50 bits per heavy atom. The Labute approximate surface area is 100 Å². The molecule has 1 aromatic carbocycles. The van der Waals surface area contributed by atoms with E-state index in [1.54, 1.807) is 0 Å². The van der Waals surface area contributed by atoms with E-state index in [0.717, 1.165) is 0 Å². The molecule has 0 radical (unpaired) electrons. The number of nitrogens with zero attached hydrogens (tertiary/aromatic N) is 1. The van der Waals surface area contributed by atoms with E-state index in [-0.39, 0.29) is 11.3 Å². The molecule has 0 aromatic heterocycles. The Balaban J connectivity index is 2.30. The van der Waals surface area contributed by atoms with Gasteiger partial charge >= 0.3 is 6.03 Å². The standard InChI is InChI=1S/C10H7N3O5/c14-8-7(9(15)12-10(16)11-8)5-1-3-6(4-2-5)13(17)18/h1-4,7H,(H2,11,12,14,15,16). The first-order chi connectivity index (χ1) is 8.49. The molecular formula is C10H7N3O5. The molecule has 0 bridgehead atoms. The van der Waals surface area contributed by atoms with Crippen molar-refractivity contribution in [3.63, 3.8) is 0 Å². The fourth-order valence-corrected chi connectivity index (χ4v) is 1.61. The molecule has 2 rings (SSSR count). The third kappa shape index (κ3) is 2.03. The molecule has 1 aliphatic rings. The summed E-state index contributed by atoms with van der Waals surface area (Å²) in [7, 11) is 0. The maximum atomic E-state index is 11.5. The van der Waals surface area contributed by atoms with E-state index < -0.39 is 28.7 Å². The Kier molecular flexibility index (Phi) is 2.76. The molecule has 8 heteroatoms. The number of rotatable bonds is 2.